The van der Waals surface area contributed by atoms with Crippen LogP contribution in [0.5, 0.6) is 0 Å². The molecule has 1 aliphatic carbocycles. The summed E-state index contributed by atoms with van der Waals surface area (Å²) in [4.78, 5) is 31.8. The van der Waals surface area contributed by atoms with Crippen molar-refractivity contribution in [2.24, 2.45) is 5.92 Å². The van der Waals surface area contributed by atoms with E-state index in [4.69, 9.17) is 4.74 Å². The Labute approximate surface area is 164 Å². The Morgan fingerprint density at radius 1 is 1.36 bits per heavy atom. The summed E-state index contributed by atoms with van der Waals surface area (Å²) in [6.07, 6.45) is 5.93. The van der Waals surface area contributed by atoms with E-state index in [0.29, 0.717) is 19.6 Å². The van der Waals surface area contributed by atoms with Gasteiger partial charge < -0.3 is 20.4 Å². The first-order valence-electron chi connectivity index (χ1n) is 9.77. The Balaban J connectivity index is 1.59. The van der Waals surface area contributed by atoms with Crippen molar-refractivity contribution in [3.8, 4) is 0 Å². The molecule has 4 N–H and O–H groups in total. The zero-order valence-electron chi connectivity index (χ0n) is 16.3. The molecule has 0 saturated heterocycles. The summed E-state index contributed by atoms with van der Waals surface area (Å²) in [5, 5.41) is 12.9. The van der Waals surface area contributed by atoms with Crippen LogP contribution in [0.2, 0.25) is 0 Å². The van der Waals surface area contributed by atoms with Gasteiger partial charge in [0, 0.05) is 30.6 Å². The highest BCUT2D eigenvalue weighted by Crippen LogP contribution is 2.27. The highest BCUT2D eigenvalue weighted by molar-refractivity contribution is 5.90. The summed E-state index contributed by atoms with van der Waals surface area (Å²) in [6.45, 7) is 4.99. The Morgan fingerprint density at radius 3 is 2.89 bits per heavy atom. The van der Waals surface area contributed by atoms with Crippen LogP contribution in [0.15, 0.2) is 18.5 Å². The molecule has 3 rings (SSSR count). The van der Waals surface area contributed by atoms with E-state index in [-0.39, 0.29) is 35.7 Å². The Morgan fingerprint density at radius 2 is 2.21 bits per heavy atom. The first kappa shape index (κ1) is 20.1. The van der Waals surface area contributed by atoms with Crippen LogP contribution in [0.3, 0.4) is 0 Å². The van der Waals surface area contributed by atoms with Crippen molar-refractivity contribution < 1.29 is 14.3 Å². The van der Waals surface area contributed by atoms with Crippen LogP contribution in [-0.2, 0) is 16.1 Å². The van der Waals surface area contributed by atoms with Crippen molar-refractivity contribution in [2.75, 3.05) is 6.61 Å². The molecule has 0 radical (unpaired) electrons. The minimum absolute atomic E-state index is 0.0214. The predicted molar refractivity (Wildman–Crippen MR) is 102 cm³/mol. The number of hydrogen-bond donors (Lipinski definition) is 4. The molecule has 1 aliphatic rings. The number of imidazole rings is 1. The first-order chi connectivity index (χ1) is 13.6. The van der Waals surface area contributed by atoms with Gasteiger partial charge in [0.15, 0.2) is 5.82 Å². The largest absolute Gasteiger partial charge is 0.376 e. The standard InChI is InChI=1S/C19H28N6O3/c1-3-8-28-16-5-4-13(18(26)22-11-14-9-12(2)24-25-14)10-15(16)23-19(27)17-20-6-7-21-17/h6-7,9,13,15-16H,3-5,8,10-11H2,1-2H3,(H,20,21)(H,22,26)(H,23,27)(H,24,25)/t13-,15+,16+/m0/s1. The van der Waals surface area contributed by atoms with E-state index in [2.05, 4.69) is 30.8 Å². The van der Waals surface area contributed by atoms with Gasteiger partial charge in [0.25, 0.3) is 5.91 Å². The molecule has 1 saturated carbocycles. The van der Waals surface area contributed by atoms with E-state index in [1.165, 1.54) is 6.20 Å². The minimum Gasteiger partial charge on any atom is -0.376 e. The average Bonchev–Trinajstić information content (AvgIpc) is 3.37. The number of hydrogen-bond acceptors (Lipinski definition) is 5. The number of nitrogens with zero attached hydrogens (tertiary/aromatic N) is 2. The lowest BCUT2D eigenvalue weighted by Gasteiger charge is -2.35. The SMILES string of the molecule is CCCO[C@@H]1CC[C@H](C(=O)NCc2cc(C)[nH]n2)C[C@H]1NC(=O)c1ncc[nH]1. The molecule has 0 spiro atoms. The molecule has 1 fully saturated rings. The molecule has 0 aliphatic heterocycles. The van der Waals surface area contributed by atoms with Gasteiger partial charge in [0.1, 0.15) is 0 Å². The van der Waals surface area contributed by atoms with E-state index in [1.54, 1.807) is 6.20 Å². The van der Waals surface area contributed by atoms with Crippen LogP contribution in [-0.4, -0.2) is 50.7 Å². The van der Waals surface area contributed by atoms with Gasteiger partial charge in [-0.1, -0.05) is 6.92 Å². The summed E-state index contributed by atoms with van der Waals surface area (Å²) in [5.74, 6) is -0.224. The van der Waals surface area contributed by atoms with E-state index in [0.717, 1.165) is 30.7 Å². The number of ether oxygens (including phenoxy) is 1. The predicted octanol–water partition coefficient (Wildman–Crippen LogP) is 1.45. The monoisotopic (exact) mass is 388 g/mol. The number of carbonyl (C=O) groups is 2. The van der Waals surface area contributed by atoms with Crippen molar-refractivity contribution in [1.82, 2.24) is 30.8 Å². The average molecular weight is 388 g/mol. The maximum Gasteiger partial charge on any atom is 0.287 e. The Kier molecular flexibility index (Phi) is 6.80. The minimum atomic E-state index is -0.284. The lowest BCUT2D eigenvalue weighted by molar-refractivity contribution is -0.127. The van der Waals surface area contributed by atoms with E-state index >= 15 is 0 Å². The molecule has 2 amide bonds. The highest BCUT2D eigenvalue weighted by Gasteiger charge is 2.35. The Hall–Kier alpha value is -2.68. The Bertz CT molecular complexity index is 772. The van der Waals surface area contributed by atoms with Gasteiger partial charge in [-0.2, -0.15) is 5.10 Å². The number of aromatic amines is 2. The normalized spacial score (nSPS) is 22.0. The van der Waals surface area contributed by atoms with Gasteiger partial charge in [-0.3, -0.25) is 14.7 Å². The lowest BCUT2D eigenvalue weighted by atomic mass is 9.83. The topological polar surface area (TPSA) is 125 Å². The quantitative estimate of drug-likeness (QED) is 0.545. The molecular weight excluding hydrogens is 360 g/mol. The van der Waals surface area contributed by atoms with Gasteiger partial charge >= 0.3 is 0 Å². The zero-order chi connectivity index (χ0) is 19.9. The molecule has 3 atom stereocenters. The second kappa shape index (κ2) is 9.50. The van der Waals surface area contributed by atoms with Crippen LogP contribution in [0.1, 0.15) is 54.6 Å². The van der Waals surface area contributed by atoms with Crippen LogP contribution in [0.25, 0.3) is 0 Å². The molecular formula is C19H28N6O3. The maximum absolute atomic E-state index is 12.6. The number of nitrogens with one attached hydrogen (secondary N) is 4. The van der Waals surface area contributed by atoms with Gasteiger partial charge in [0.2, 0.25) is 5.91 Å². The number of carbonyl (C=O) groups excluding carboxylic acids is 2. The van der Waals surface area contributed by atoms with Crippen LogP contribution >= 0.6 is 0 Å². The summed E-state index contributed by atoms with van der Waals surface area (Å²) in [7, 11) is 0. The fourth-order valence-corrected chi connectivity index (χ4v) is 3.51. The van der Waals surface area contributed by atoms with Crippen molar-refractivity contribution >= 4 is 11.8 Å². The van der Waals surface area contributed by atoms with Gasteiger partial charge in [0.05, 0.1) is 24.4 Å². The molecule has 28 heavy (non-hydrogen) atoms. The lowest BCUT2D eigenvalue weighted by Crippen LogP contribution is -2.50. The third kappa shape index (κ3) is 5.19. The van der Waals surface area contributed by atoms with Crippen molar-refractivity contribution in [3.63, 3.8) is 0 Å². The second-order valence-electron chi connectivity index (χ2n) is 7.20. The molecule has 2 heterocycles. The van der Waals surface area contributed by atoms with E-state index in [1.807, 2.05) is 19.9 Å². The molecule has 2 aromatic heterocycles. The van der Waals surface area contributed by atoms with Crippen LogP contribution in [0.4, 0.5) is 0 Å². The number of aryl methyl sites for hydroxylation is 1. The summed E-state index contributed by atoms with van der Waals surface area (Å²) >= 11 is 0. The van der Waals surface area contributed by atoms with Gasteiger partial charge in [-0.05, 0) is 38.7 Å². The summed E-state index contributed by atoms with van der Waals surface area (Å²) in [6, 6.07) is 1.67. The van der Waals surface area contributed by atoms with Crippen LogP contribution < -0.4 is 10.6 Å². The van der Waals surface area contributed by atoms with Crippen molar-refractivity contribution in [3.05, 3.63) is 35.7 Å². The molecule has 0 unspecified atom stereocenters. The van der Waals surface area contributed by atoms with Gasteiger partial charge in [-0.15, -0.1) is 0 Å². The molecule has 152 valence electrons. The van der Waals surface area contributed by atoms with E-state index < -0.39 is 0 Å². The highest BCUT2D eigenvalue weighted by atomic mass is 16.5. The fourth-order valence-electron chi connectivity index (χ4n) is 3.51. The fraction of sp³-hybridized carbons (Fsp3) is 0.579. The maximum atomic E-state index is 12.6. The number of H-pyrrole nitrogens is 2. The molecule has 0 bridgehead atoms. The molecule has 0 aromatic carbocycles. The number of aromatic nitrogens is 4. The van der Waals surface area contributed by atoms with Crippen LogP contribution in [0, 0.1) is 12.8 Å². The third-order valence-electron chi connectivity index (χ3n) is 4.93. The second-order valence-corrected chi connectivity index (χ2v) is 7.20. The smallest absolute Gasteiger partial charge is 0.287 e. The number of rotatable bonds is 8. The number of amides is 2. The first-order valence-corrected chi connectivity index (χ1v) is 9.77. The molecule has 9 nitrogen and oxygen atoms in total. The summed E-state index contributed by atoms with van der Waals surface area (Å²) in [5.41, 5.74) is 1.76. The van der Waals surface area contributed by atoms with E-state index in [9.17, 15) is 9.59 Å². The van der Waals surface area contributed by atoms with Gasteiger partial charge in [-0.25, -0.2) is 4.98 Å². The summed E-state index contributed by atoms with van der Waals surface area (Å²) < 4.78 is 5.93. The zero-order valence-corrected chi connectivity index (χ0v) is 16.3. The van der Waals surface area contributed by atoms with Crippen molar-refractivity contribution in [1.29, 1.82) is 0 Å². The van der Waals surface area contributed by atoms with Crippen molar-refractivity contribution in [2.45, 2.75) is 58.2 Å². The molecule has 2 aromatic rings. The third-order valence-corrected chi connectivity index (χ3v) is 4.93. The molecule has 9 heteroatoms.